The third kappa shape index (κ3) is 3.61. The Kier molecular flexibility index (Phi) is 4.56. The minimum absolute atomic E-state index is 0.00739. The zero-order valence-electron chi connectivity index (χ0n) is 14.0. The number of para-hydroxylation sites is 1. The maximum atomic E-state index is 12.6. The number of aromatic nitrogens is 1. The lowest BCUT2D eigenvalue weighted by Crippen LogP contribution is -2.36. The van der Waals surface area contributed by atoms with Crippen LogP contribution in [0.4, 0.5) is 5.82 Å². The van der Waals surface area contributed by atoms with Crippen LogP contribution >= 0.6 is 0 Å². The number of carbonyl (C=O) groups excluding carboxylic acids is 1. The Morgan fingerprint density at radius 2 is 1.96 bits per heavy atom. The zero-order valence-corrected chi connectivity index (χ0v) is 14.0. The first-order valence-electron chi connectivity index (χ1n) is 8.60. The van der Waals surface area contributed by atoms with Gasteiger partial charge in [0.05, 0.1) is 19.8 Å². The summed E-state index contributed by atoms with van der Waals surface area (Å²) in [5.74, 6) is 1.67. The zero-order chi connectivity index (χ0) is 17.1. The molecular formula is C18H21N3O4. The van der Waals surface area contributed by atoms with E-state index in [9.17, 15) is 4.79 Å². The number of hydrogen-bond donors (Lipinski definition) is 0. The first-order valence-corrected chi connectivity index (χ1v) is 8.60. The summed E-state index contributed by atoms with van der Waals surface area (Å²) in [4.78, 5) is 16.5. The summed E-state index contributed by atoms with van der Waals surface area (Å²) in [5.41, 5.74) is 0. The van der Waals surface area contributed by atoms with Crippen LogP contribution in [0.15, 0.2) is 40.9 Å². The second kappa shape index (κ2) is 7.14. The van der Waals surface area contributed by atoms with Crippen molar-refractivity contribution in [2.75, 3.05) is 44.3 Å². The average molecular weight is 343 g/mol. The monoisotopic (exact) mass is 343 g/mol. The molecule has 0 unspecified atom stereocenters. The summed E-state index contributed by atoms with van der Waals surface area (Å²) in [6.07, 6.45) is 0.818. The van der Waals surface area contributed by atoms with Gasteiger partial charge in [0, 0.05) is 32.1 Å². The van der Waals surface area contributed by atoms with Gasteiger partial charge in [-0.3, -0.25) is 4.79 Å². The number of nitrogens with zero attached hydrogens (tertiary/aromatic N) is 3. The lowest BCUT2D eigenvalue weighted by Gasteiger charge is -2.25. The van der Waals surface area contributed by atoms with Gasteiger partial charge in [0.1, 0.15) is 11.9 Å². The summed E-state index contributed by atoms with van der Waals surface area (Å²) in [6.45, 7) is 4.07. The van der Waals surface area contributed by atoms with E-state index in [0.717, 1.165) is 25.3 Å². The van der Waals surface area contributed by atoms with Crippen molar-refractivity contribution >= 4 is 11.7 Å². The Morgan fingerprint density at radius 1 is 1.16 bits per heavy atom. The van der Waals surface area contributed by atoms with Gasteiger partial charge in [-0.2, -0.15) is 0 Å². The van der Waals surface area contributed by atoms with Gasteiger partial charge in [-0.25, -0.2) is 0 Å². The van der Waals surface area contributed by atoms with Gasteiger partial charge in [0.25, 0.3) is 5.91 Å². The van der Waals surface area contributed by atoms with Crippen LogP contribution < -0.4 is 9.64 Å². The fraction of sp³-hybridized carbons (Fsp3) is 0.444. The Morgan fingerprint density at radius 3 is 2.76 bits per heavy atom. The predicted molar refractivity (Wildman–Crippen MR) is 90.9 cm³/mol. The van der Waals surface area contributed by atoms with Crippen molar-refractivity contribution < 1.29 is 18.8 Å². The number of ether oxygens (including phenoxy) is 2. The molecule has 1 aromatic carbocycles. The van der Waals surface area contributed by atoms with E-state index in [1.165, 1.54) is 0 Å². The van der Waals surface area contributed by atoms with Gasteiger partial charge in [-0.1, -0.05) is 23.4 Å². The van der Waals surface area contributed by atoms with E-state index in [0.29, 0.717) is 32.1 Å². The minimum atomic E-state index is -0.133. The maximum absolute atomic E-state index is 12.6. The Balaban J connectivity index is 1.36. The molecule has 2 aromatic rings. The third-order valence-corrected chi connectivity index (χ3v) is 4.52. The molecule has 2 fully saturated rings. The van der Waals surface area contributed by atoms with Crippen molar-refractivity contribution in [2.45, 2.75) is 12.5 Å². The Bertz CT molecular complexity index is 712. The van der Waals surface area contributed by atoms with E-state index in [1.807, 2.05) is 30.3 Å². The van der Waals surface area contributed by atoms with Crippen molar-refractivity contribution in [1.82, 2.24) is 10.1 Å². The highest BCUT2D eigenvalue weighted by Crippen LogP contribution is 2.22. The second-order valence-electron chi connectivity index (χ2n) is 6.24. The second-order valence-corrected chi connectivity index (χ2v) is 6.24. The molecule has 7 nitrogen and oxygen atoms in total. The average Bonchev–Trinajstić information content (AvgIpc) is 3.33. The van der Waals surface area contributed by atoms with Crippen LogP contribution in [-0.4, -0.2) is 61.5 Å². The van der Waals surface area contributed by atoms with E-state index in [1.54, 1.807) is 11.0 Å². The van der Waals surface area contributed by atoms with Crippen molar-refractivity contribution in [1.29, 1.82) is 0 Å². The smallest absolute Gasteiger partial charge is 0.292 e. The van der Waals surface area contributed by atoms with E-state index >= 15 is 0 Å². The standard InChI is InChI=1S/C18H21N3O4/c22-18(16-12-17(19-25-16)20-8-10-23-11-9-20)21-7-6-15(13-21)24-14-4-2-1-3-5-14/h1-5,12,15H,6-11,13H2/t15-/m1/s1. The maximum Gasteiger partial charge on any atom is 0.292 e. The molecule has 2 aliphatic heterocycles. The van der Waals surface area contributed by atoms with E-state index in [-0.39, 0.29) is 17.8 Å². The number of anilines is 1. The topological polar surface area (TPSA) is 68.0 Å². The number of likely N-dealkylation sites (tertiary alicyclic amines) is 1. The highest BCUT2D eigenvalue weighted by atomic mass is 16.5. The fourth-order valence-corrected chi connectivity index (χ4v) is 3.16. The SMILES string of the molecule is O=C(c1cc(N2CCOCC2)no1)N1CC[C@@H](Oc2ccccc2)C1. The van der Waals surface area contributed by atoms with E-state index < -0.39 is 0 Å². The number of amides is 1. The molecule has 3 heterocycles. The molecule has 2 aliphatic rings. The molecular weight excluding hydrogens is 322 g/mol. The summed E-state index contributed by atoms with van der Waals surface area (Å²) < 4.78 is 16.5. The molecule has 4 rings (SSSR count). The normalized spacial score (nSPS) is 20.7. The van der Waals surface area contributed by atoms with Crippen LogP contribution in [0, 0.1) is 0 Å². The number of benzene rings is 1. The van der Waals surface area contributed by atoms with Crippen LogP contribution in [0.3, 0.4) is 0 Å². The van der Waals surface area contributed by atoms with Gasteiger partial charge >= 0.3 is 0 Å². The molecule has 0 spiro atoms. The Hall–Kier alpha value is -2.54. The first kappa shape index (κ1) is 16.0. The molecule has 132 valence electrons. The van der Waals surface area contributed by atoms with Crippen molar-refractivity contribution in [2.24, 2.45) is 0 Å². The van der Waals surface area contributed by atoms with Gasteiger partial charge in [0.2, 0.25) is 5.76 Å². The van der Waals surface area contributed by atoms with Crippen LogP contribution in [-0.2, 0) is 4.74 Å². The molecule has 0 N–H and O–H groups in total. The molecule has 0 aliphatic carbocycles. The van der Waals surface area contributed by atoms with Gasteiger partial charge < -0.3 is 23.8 Å². The lowest BCUT2D eigenvalue weighted by molar-refractivity contribution is 0.0731. The Labute approximate surface area is 146 Å². The van der Waals surface area contributed by atoms with Gasteiger partial charge in [0.15, 0.2) is 5.82 Å². The van der Waals surface area contributed by atoms with Crippen LogP contribution in [0.1, 0.15) is 17.0 Å². The molecule has 1 amide bonds. The summed E-state index contributed by atoms with van der Waals surface area (Å²) in [7, 11) is 0. The minimum Gasteiger partial charge on any atom is -0.489 e. The molecule has 0 radical (unpaired) electrons. The molecule has 25 heavy (non-hydrogen) atoms. The first-order chi connectivity index (χ1) is 12.3. The molecule has 0 bridgehead atoms. The fourth-order valence-electron chi connectivity index (χ4n) is 3.16. The summed E-state index contributed by atoms with van der Waals surface area (Å²) in [6, 6.07) is 11.4. The van der Waals surface area contributed by atoms with Crippen LogP contribution in [0.25, 0.3) is 0 Å². The predicted octanol–water partition coefficient (Wildman–Crippen LogP) is 1.80. The van der Waals surface area contributed by atoms with Crippen molar-refractivity contribution in [3.8, 4) is 5.75 Å². The van der Waals surface area contributed by atoms with Crippen molar-refractivity contribution in [3.05, 3.63) is 42.2 Å². The molecule has 0 saturated carbocycles. The number of morpholine rings is 1. The number of rotatable bonds is 4. The molecule has 1 atom stereocenters. The van der Waals surface area contributed by atoms with E-state index in [4.69, 9.17) is 14.0 Å². The molecule has 7 heteroatoms. The van der Waals surface area contributed by atoms with Gasteiger partial charge in [-0.05, 0) is 12.1 Å². The molecule has 2 saturated heterocycles. The van der Waals surface area contributed by atoms with Crippen LogP contribution in [0.2, 0.25) is 0 Å². The number of carbonyl (C=O) groups is 1. The molecule has 1 aromatic heterocycles. The quantitative estimate of drug-likeness (QED) is 0.843. The highest BCUT2D eigenvalue weighted by Gasteiger charge is 2.30. The van der Waals surface area contributed by atoms with Gasteiger partial charge in [-0.15, -0.1) is 0 Å². The third-order valence-electron chi connectivity index (χ3n) is 4.52. The van der Waals surface area contributed by atoms with Crippen LogP contribution in [0.5, 0.6) is 5.75 Å². The van der Waals surface area contributed by atoms with E-state index in [2.05, 4.69) is 10.1 Å². The lowest BCUT2D eigenvalue weighted by atomic mass is 10.3. The highest BCUT2D eigenvalue weighted by molar-refractivity contribution is 5.92. The summed E-state index contributed by atoms with van der Waals surface area (Å²) in [5, 5.41) is 4.04. The van der Waals surface area contributed by atoms with Crippen molar-refractivity contribution in [3.63, 3.8) is 0 Å². The largest absolute Gasteiger partial charge is 0.489 e. The number of hydrogen-bond acceptors (Lipinski definition) is 6. The summed E-state index contributed by atoms with van der Waals surface area (Å²) >= 11 is 0.